The lowest BCUT2D eigenvalue weighted by atomic mass is 10.0. The Labute approximate surface area is 332 Å². The van der Waals surface area contributed by atoms with Crippen LogP contribution in [-0.2, 0) is 56.8 Å². The van der Waals surface area contributed by atoms with Crippen LogP contribution in [0.25, 0.3) is 0 Å². The van der Waals surface area contributed by atoms with E-state index in [-0.39, 0.29) is 0 Å². The molecule has 0 unspecified atom stereocenters. The number of alkyl halides is 1. The van der Waals surface area contributed by atoms with Crippen LogP contribution in [-0.4, -0.2) is 164 Å². The highest BCUT2D eigenvalue weighted by Gasteiger charge is 1.98. The Hall–Kier alpha value is 0.0000000000000000555. The van der Waals surface area contributed by atoms with Crippen molar-refractivity contribution in [3.8, 4) is 0 Å². The Balaban J connectivity index is 3.05. The minimum atomic E-state index is 0.520. The van der Waals surface area contributed by atoms with Crippen LogP contribution in [0.1, 0.15) is 96.8 Å². The second kappa shape index (κ2) is 52.0. The zero-order chi connectivity index (χ0) is 38.1. The molecule has 0 rings (SSSR count). The van der Waals surface area contributed by atoms with Gasteiger partial charge in [-0.15, -0.1) is 0 Å². The third kappa shape index (κ3) is 52.0. The van der Waals surface area contributed by atoms with Gasteiger partial charge >= 0.3 is 0 Å². The van der Waals surface area contributed by atoms with Crippen molar-refractivity contribution in [2.75, 3.05) is 164 Å². The van der Waals surface area contributed by atoms with Gasteiger partial charge in [0.25, 0.3) is 0 Å². The van der Waals surface area contributed by atoms with E-state index in [1.165, 1.54) is 83.5 Å². The third-order valence-corrected chi connectivity index (χ3v) is 8.28. The number of unbranched alkanes of at least 4 members (excludes halogenated alkanes) is 13. The zero-order valence-corrected chi connectivity index (χ0v) is 35.4. The zero-order valence-electron chi connectivity index (χ0n) is 33.9. The summed E-state index contributed by atoms with van der Waals surface area (Å²) in [6.07, 6.45) is 19.3. The SMILES string of the molecule is CCCCCCCCCCCCCCCCOCCOCCOCCOCCOCCOCCOCCOCCOCCOCCOCCOCCBr. The van der Waals surface area contributed by atoms with Gasteiger partial charge in [-0.2, -0.15) is 0 Å². The maximum Gasteiger partial charge on any atom is 0.0701 e. The van der Waals surface area contributed by atoms with E-state index in [0.29, 0.717) is 152 Å². The summed E-state index contributed by atoms with van der Waals surface area (Å²) in [6, 6.07) is 0. The lowest BCUT2D eigenvalue weighted by Gasteiger charge is -2.09. The average molecular weight is 834 g/mol. The van der Waals surface area contributed by atoms with Gasteiger partial charge in [0.05, 0.1) is 152 Å². The van der Waals surface area contributed by atoms with Crippen molar-refractivity contribution in [2.24, 2.45) is 0 Å². The van der Waals surface area contributed by atoms with Crippen LogP contribution < -0.4 is 0 Å². The summed E-state index contributed by atoms with van der Waals surface area (Å²) in [7, 11) is 0. The van der Waals surface area contributed by atoms with Gasteiger partial charge in [0.15, 0.2) is 0 Å². The Morgan fingerprint density at radius 3 is 0.585 bits per heavy atom. The fourth-order valence-electron chi connectivity index (χ4n) is 4.97. The largest absolute Gasteiger partial charge is 0.379 e. The molecule has 13 heteroatoms. The first kappa shape index (κ1) is 53.0. The molecule has 0 N–H and O–H groups in total. The number of hydrogen-bond donors (Lipinski definition) is 0. The Kier molecular flexibility index (Phi) is 52.0. The fraction of sp³-hybridized carbons (Fsp3) is 1.00. The Morgan fingerprint density at radius 1 is 0.208 bits per heavy atom. The molecule has 0 saturated carbocycles. The minimum Gasteiger partial charge on any atom is -0.379 e. The minimum absolute atomic E-state index is 0.520. The second-order valence-electron chi connectivity index (χ2n) is 12.6. The molecule has 0 aliphatic carbocycles. The third-order valence-electron chi connectivity index (χ3n) is 7.96. The van der Waals surface area contributed by atoms with Crippen molar-refractivity contribution in [2.45, 2.75) is 96.8 Å². The van der Waals surface area contributed by atoms with E-state index in [1.54, 1.807) is 0 Å². The quantitative estimate of drug-likeness (QED) is 0.0463. The molecule has 0 aromatic rings. The molecule has 12 nitrogen and oxygen atoms in total. The predicted molar refractivity (Wildman–Crippen MR) is 214 cm³/mol. The van der Waals surface area contributed by atoms with Crippen LogP contribution in [0.2, 0.25) is 0 Å². The monoisotopic (exact) mass is 832 g/mol. The summed E-state index contributed by atoms with van der Waals surface area (Å²) < 4.78 is 66.0. The number of hydrogen-bond acceptors (Lipinski definition) is 12. The topological polar surface area (TPSA) is 111 Å². The predicted octanol–water partition coefficient (Wildman–Crippen LogP) is 7.06. The first-order valence-corrected chi connectivity index (χ1v) is 22.0. The first-order valence-electron chi connectivity index (χ1n) is 20.9. The molecule has 0 aliphatic rings. The molecule has 0 radical (unpaired) electrons. The molecule has 0 spiro atoms. The molecule has 53 heavy (non-hydrogen) atoms. The highest BCUT2D eigenvalue weighted by atomic mass is 79.9. The van der Waals surface area contributed by atoms with Gasteiger partial charge in [0.1, 0.15) is 0 Å². The summed E-state index contributed by atoms with van der Waals surface area (Å²) in [4.78, 5) is 0. The second-order valence-corrected chi connectivity index (χ2v) is 13.4. The summed E-state index contributed by atoms with van der Waals surface area (Å²) in [5.41, 5.74) is 0. The first-order chi connectivity index (χ1) is 26.4. The van der Waals surface area contributed by atoms with Gasteiger partial charge in [-0.05, 0) is 6.42 Å². The number of halogens is 1. The van der Waals surface area contributed by atoms with Gasteiger partial charge in [-0.1, -0.05) is 106 Å². The van der Waals surface area contributed by atoms with Crippen LogP contribution in [0.15, 0.2) is 0 Å². The van der Waals surface area contributed by atoms with E-state index in [1.807, 2.05) is 0 Å². The molecule has 0 atom stereocenters. The molecule has 0 bridgehead atoms. The number of ether oxygens (including phenoxy) is 12. The van der Waals surface area contributed by atoms with E-state index < -0.39 is 0 Å². The van der Waals surface area contributed by atoms with Crippen LogP contribution in [0.4, 0.5) is 0 Å². The smallest absolute Gasteiger partial charge is 0.0701 e. The summed E-state index contributed by atoms with van der Waals surface area (Å²) in [6.45, 7) is 15.9. The Bertz CT molecular complexity index is 576. The maximum atomic E-state index is 5.68. The van der Waals surface area contributed by atoms with Crippen LogP contribution in [0, 0.1) is 0 Å². The molecule has 0 fully saturated rings. The summed E-state index contributed by atoms with van der Waals surface area (Å²) in [5.74, 6) is 0. The molecule has 0 aromatic heterocycles. The fourth-order valence-corrected chi connectivity index (χ4v) is 5.20. The van der Waals surface area contributed by atoms with E-state index in [9.17, 15) is 0 Å². The molecule has 0 heterocycles. The highest BCUT2D eigenvalue weighted by molar-refractivity contribution is 9.09. The van der Waals surface area contributed by atoms with Gasteiger partial charge < -0.3 is 56.8 Å². The van der Waals surface area contributed by atoms with Gasteiger partial charge in [0, 0.05) is 11.9 Å². The summed E-state index contributed by atoms with van der Waals surface area (Å²) in [5, 5.41) is 0.840. The van der Waals surface area contributed by atoms with E-state index in [4.69, 9.17) is 56.8 Å². The Morgan fingerprint density at radius 2 is 0.377 bits per heavy atom. The van der Waals surface area contributed by atoms with Crippen molar-refractivity contribution in [3.63, 3.8) is 0 Å². The molecule has 320 valence electrons. The molecule has 0 saturated heterocycles. The highest BCUT2D eigenvalue weighted by Crippen LogP contribution is 2.13. The van der Waals surface area contributed by atoms with Crippen LogP contribution >= 0.6 is 15.9 Å². The maximum absolute atomic E-state index is 5.68. The molecule has 0 amide bonds. The van der Waals surface area contributed by atoms with Crippen molar-refractivity contribution in [1.82, 2.24) is 0 Å². The molecular formula is C40H81BrO12. The van der Waals surface area contributed by atoms with Gasteiger partial charge in [0.2, 0.25) is 0 Å². The normalized spacial score (nSPS) is 11.7. The van der Waals surface area contributed by atoms with Crippen molar-refractivity contribution >= 4 is 15.9 Å². The average Bonchev–Trinajstić information content (AvgIpc) is 3.17. The number of rotatable bonds is 50. The van der Waals surface area contributed by atoms with Crippen molar-refractivity contribution in [3.05, 3.63) is 0 Å². The van der Waals surface area contributed by atoms with Crippen LogP contribution in [0.5, 0.6) is 0 Å². The lowest BCUT2D eigenvalue weighted by Crippen LogP contribution is -2.15. The van der Waals surface area contributed by atoms with E-state index in [0.717, 1.165) is 18.4 Å². The van der Waals surface area contributed by atoms with Gasteiger partial charge in [-0.25, -0.2) is 0 Å². The standard InChI is InChI=1S/C40H81BrO12/c1-2-3-4-5-6-7-8-9-10-11-12-13-14-15-17-42-19-21-44-23-25-46-27-29-48-31-33-50-35-37-52-39-40-53-38-36-51-34-32-49-30-28-47-26-24-45-22-20-43-18-16-41/h2-40H2,1H3. The van der Waals surface area contributed by atoms with E-state index in [2.05, 4.69) is 22.9 Å². The molecular weight excluding hydrogens is 752 g/mol. The molecule has 0 aromatic carbocycles. The molecule has 0 aliphatic heterocycles. The van der Waals surface area contributed by atoms with Gasteiger partial charge in [-0.3, -0.25) is 0 Å². The van der Waals surface area contributed by atoms with Crippen molar-refractivity contribution < 1.29 is 56.8 Å². The summed E-state index contributed by atoms with van der Waals surface area (Å²) >= 11 is 3.31. The lowest BCUT2D eigenvalue weighted by molar-refractivity contribution is -0.0282. The van der Waals surface area contributed by atoms with Crippen molar-refractivity contribution in [1.29, 1.82) is 0 Å². The van der Waals surface area contributed by atoms with E-state index >= 15 is 0 Å². The van der Waals surface area contributed by atoms with Crippen LogP contribution in [0.3, 0.4) is 0 Å².